The van der Waals surface area contributed by atoms with Gasteiger partial charge in [0.25, 0.3) is 0 Å². The topological polar surface area (TPSA) is 96.8 Å². The lowest BCUT2D eigenvalue weighted by atomic mass is 9.90. The Balaban J connectivity index is 1.62. The van der Waals surface area contributed by atoms with Crippen molar-refractivity contribution in [1.82, 2.24) is 9.29 Å². The van der Waals surface area contributed by atoms with Gasteiger partial charge in [0, 0.05) is 19.3 Å². The van der Waals surface area contributed by atoms with Crippen LogP contribution in [-0.4, -0.2) is 54.1 Å². The van der Waals surface area contributed by atoms with Gasteiger partial charge in [-0.1, -0.05) is 0 Å². The Morgan fingerprint density at radius 1 is 1.25 bits per heavy atom. The smallest absolute Gasteiger partial charge is 0.332 e. The number of halogens is 1. The lowest BCUT2D eigenvalue weighted by Gasteiger charge is -2.33. The van der Waals surface area contributed by atoms with Crippen molar-refractivity contribution in [3.05, 3.63) is 24.3 Å². The van der Waals surface area contributed by atoms with Crippen molar-refractivity contribution >= 4 is 16.0 Å². The number of piperidine rings is 1. The molecule has 0 radical (unpaired) electrons. The quantitative estimate of drug-likeness (QED) is 0.870. The molecule has 1 aromatic rings. The highest BCUT2D eigenvalue weighted by Crippen LogP contribution is 2.33. The van der Waals surface area contributed by atoms with E-state index in [0.29, 0.717) is 38.8 Å². The van der Waals surface area contributed by atoms with E-state index in [9.17, 15) is 17.6 Å². The molecule has 0 spiro atoms. The predicted molar refractivity (Wildman–Crippen MR) is 81.2 cm³/mol. The molecule has 132 valence electrons. The minimum atomic E-state index is -3.76. The lowest BCUT2D eigenvalue weighted by molar-refractivity contribution is -0.150. The Kier molecular flexibility index (Phi) is 4.84. The molecular weight excluding hydrogens is 339 g/mol. The van der Waals surface area contributed by atoms with Crippen LogP contribution >= 0.6 is 0 Å². The van der Waals surface area contributed by atoms with Crippen LogP contribution in [-0.2, 0) is 19.6 Å². The van der Waals surface area contributed by atoms with Gasteiger partial charge in [0.05, 0.1) is 12.3 Å². The SMILES string of the molecule is O=C(O)[C@H]1CC[C@@H](C2CCN(S(=O)(=O)c3cncc(F)c3)CC2)O1. The standard InChI is InChI=1S/C15H19FN2O5S/c16-11-7-12(9-17-8-11)24(21,22)18-5-3-10(4-6-18)13-1-2-14(23-13)15(19)20/h7-10,13-14H,1-6H2,(H,19,20)/t13-,14+/m0/s1. The van der Waals surface area contributed by atoms with E-state index < -0.39 is 27.9 Å². The summed E-state index contributed by atoms with van der Waals surface area (Å²) in [7, 11) is -3.76. The molecule has 0 bridgehead atoms. The van der Waals surface area contributed by atoms with Crippen LogP contribution in [0, 0.1) is 11.7 Å². The van der Waals surface area contributed by atoms with Crippen molar-refractivity contribution in [3.63, 3.8) is 0 Å². The molecule has 9 heteroatoms. The van der Waals surface area contributed by atoms with Crippen molar-refractivity contribution in [1.29, 1.82) is 0 Å². The van der Waals surface area contributed by atoms with Crippen molar-refractivity contribution in [2.45, 2.75) is 42.8 Å². The summed E-state index contributed by atoms with van der Waals surface area (Å²) >= 11 is 0. The number of aromatic nitrogens is 1. The molecule has 7 nitrogen and oxygen atoms in total. The average Bonchev–Trinajstić information content (AvgIpc) is 3.05. The summed E-state index contributed by atoms with van der Waals surface area (Å²) in [6.07, 6.45) is 3.58. The second-order valence-electron chi connectivity index (χ2n) is 6.16. The summed E-state index contributed by atoms with van der Waals surface area (Å²) in [6.45, 7) is 0.613. The fourth-order valence-corrected chi connectivity index (χ4v) is 4.81. The van der Waals surface area contributed by atoms with Gasteiger partial charge in [-0.15, -0.1) is 0 Å². The Labute approximate surface area is 139 Å². The normalized spacial score (nSPS) is 26.5. The number of pyridine rings is 1. The lowest BCUT2D eigenvalue weighted by Crippen LogP contribution is -2.41. The number of ether oxygens (including phenoxy) is 1. The molecule has 0 aromatic carbocycles. The number of sulfonamides is 1. The number of carboxylic acid groups (broad SMARTS) is 1. The molecule has 3 heterocycles. The van der Waals surface area contributed by atoms with Crippen LogP contribution in [0.3, 0.4) is 0 Å². The highest BCUT2D eigenvalue weighted by atomic mass is 32.2. The Bertz CT molecular complexity index is 718. The number of aliphatic carboxylic acids is 1. The summed E-state index contributed by atoms with van der Waals surface area (Å²) in [5, 5.41) is 8.98. The molecule has 0 amide bonds. The summed E-state index contributed by atoms with van der Waals surface area (Å²) in [6, 6.07) is 0.964. The molecule has 1 aromatic heterocycles. The van der Waals surface area contributed by atoms with Crippen molar-refractivity contribution in [2.75, 3.05) is 13.1 Å². The van der Waals surface area contributed by atoms with E-state index in [4.69, 9.17) is 9.84 Å². The largest absolute Gasteiger partial charge is 0.479 e. The summed E-state index contributed by atoms with van der Waals surface area (Å²) in [5.74, 6) is -1.49. The second kappa shape index (κ2) is 6.73. The molecule has 1 N–H and O–H groups in total. The first-order valence-corrected chi connectivity index (χ1v) is 9.31. The van der Waals surface area contributed by atoms with Crippen LogP contribution in [0.4, 0.5) is 4.39 Å². The van der Waals surface area contributed by atoms with Crippen molar-refractivity contribution in [3.8, 4) is 0 Å². The molecule has 2 saturated heterocycles. The average molecular weight is 358 g/mol. The minimum Gasteiger partial charge on any atom is -0.479 e. The van der Waals surface area contributed by atoms with E-state index in [-0.39, 0.29) is 16.9 Å². The molecule has 24 heavy (non-hydrogen) atoms. The van der Waals surface area contributed by atoms with E-state index in [2.05, 4.69) is 4.98 Å². The molecule has 2 aliphatic rings. The van der Waals surface area contributed by atoms with Gasteiger partial charge in [0.1, 0.15) is 10.7 Å². The van der Waals surface area contributed by atoms with Gasteiger partial charge in [-0.2, -0.15) is 4.31 Å². The predicted octanol–water partition coefficient (Wildman–Crippen LogP) is 1.25. The van der Waals surface area contributed by atoms with Crippen LogP contribution in [0.5, 0.6) is 0 Å². The first-order chi connectivity index (χ1) is 11.4. The molecule has 2 fully saturated rings. The van der Waals surface area contributed by atoms with Crippen molar-refractivity contribution < 1.29 is 27.4 Å². The first kappa shape index (κ1) is 17.2. The van der Waals surface area contributed by atoms with Crippen molar-refractivity contribution in [2.24, 2.45) is 5.92 Å². The maximum Gasteiger partial charge on any atom is 0.332 e. The number of hydrogen-bond donors (Lipinski definition) is 1. The molecule has 2 atom stereocenters. The van der Waals surface area contributed by atoms with Crippen LogP contribution in [0.2, 0.25) is 0 Å². The molecule has 0 saturated carbocycles. The molecule has 3 rings (SSSR count). The summed E-state index contributed by atoms with van der Waals surface area (Å²) in [5.41, 5.74) is 0. The number of carbonyl (C=O) groups is 1. The van der Waals surface area contributed by atoms with E-state index in [0.717, 1.165) is 18.5 Å². The van der Waals surface area contributed by atoms with Gasteiger partial charge in [-0.3, -0.25) is 4.98 Å². The highest BCUT2D eigenvalue weighted by molar-refractivity contribution is 7.89. The Morgan fingerprint density at radius 3 is 2.54 bits per heavy atom. The molecular formula is C15H19FN2O5S. The van der Waals surface area contributed by atoms with Gasteiger partial charge in [0.15, 0.2) is 6.10 Å². The molecule has 0 unspecified atom stereocenters. The zero-order valence-electron chi connectivity index (χ0n) is 13.0. The van der Waals surface area contributed by atoms with Gasteiger partial charge in [-0.25, -0.2) is 17.6 Å². The van der Waals surface area contributed by atoms with Gasteiger partial charge in [0.2, 0.25) is 10.0 Å². The number of carboxylic acids is 1. The van der Waals surface area contributed by atoms with E-state index in [1.165, 1.54) is 4.31 Å². The van der Waals surface area contributed by atoms with Crippen LogP contribution in [0.25, 0.3) is 0 Å². The van der Waals surface area contributed by atoms with Crippen LogP contribution in [0.1, 0.15) is 25.7 Å². The number of nitrogens with zero attached hydrogens (tertiary/aromatic N) is 2. The molecule has 2 aliphatic heterocycles. The third-order valence-corrected chi connectivity index (χ3v) is 6.53. The Hall–Kier alpha value is -1.58. The maximum absolute atomic E-state index is 13.2. The maximum atomic E-state index is 13.2. The fraction of sp³-hybridized carbons (Fsp3) is 0.600. The van der Waals surface area contributed by atoms with E-state index in [1.807, 2.05) is 0 Å². The van der Waals surface area contributed by atoms with Crippen LogP contribution < -0.4 is 0 Å². The second-order valence-corrected chi connectivity index (χ2v) is 8.10. The van der Waals surface area contributed by atoms with Gasteiger partial charge in [-0.05, 0) is 37.7 Å². The van der Waals surface area contributed by atoms with Gasteiger partial charge >= 0.3 is 5.97 Å². The fourth-order valence-electron chi connectivity index (χ4n) is 3.36. The minimum absolute atomic E-state index is 0.133. The third-order valence-electron chi connectivity index (χ3n) is 4.67. The Morgan fingerprint density at radius 2 is 1.96 bits per heavy atom. The van der Waals surface area contributed by atoms with Gasteiger partial charge < -0.3 is 9.84 Å². The monoisotopic (exact) mass is 358 g/mol. The third kappa shape index (κ3) is 3.42. The number of rotatable bonds is 4. The number of hydrogen-bond acceptors (Lipinski definition) is 5. The molecule has 0 aliphatic carbocycles. The van der Waals surface area contributed by atoms with E-state index >= 15 is 0 Å². The zero-order valence-corrected chi connectivity index (χ0v) is 13.8. The van der Waals surface area contributed by atoms with Crippen LogP contribution in [0.15, 0.2) is 23.4 Å². The zero-order chi connectivity index (χ0) is 17.3. The highest BCUT2D eigenvalue weighted by Gasteiger charge is 2.38. The van der Waals surface area contributed by atoms with E-state index in [1.54, 1.807) is 0 Å². The summed E-state index contributed by atoms with van der Waals surface area (Å²) in [4.78, 5) is 14.4. The summed E-state index contributed by atoms with van der Waals surface area (Å²) < 4.78 is 45.1. The first-order valence-electron chi connectivity index (χ1n) is 7.87.